The lowest BCUT2D eigenvalue weighted by Crippen LogP contribution is -2.20. The Labute approximate surface area is 119 Å². The van der Waals surface area contributed by atoms with Gasteiger partial charge in [-0.2, -0.15) is 0 Å². The minimum absolute atomic E-state index is 0.114. The largest absolute Gasteiger partial charge is 0.478 e. The number of carbonyl (C=O) groups is 1. The molecule has 0 fully saturated rings. The lowest BCUT2D eigenvalue weighted by atomic mass is 9.90. The predicted molar refractivity (Wildman–Crippen MR) is 80.1 cm³/mol. The summed E-state index contributed by atoms with van der Waals surface area (Å²) in [7, 11) is 0. The molecule has 0 spiro atoms. The number of hydrogen-bond acceptors (Lipinski definition) is 2. The Hall–Kier alpha value is -1.84. The van der Waals surface area contributed by atoms with Crippen LogP contribution in [0.4, 0.5) is 0 Å². The highest BCUT2D eigenvalue weighted by Crippen LogP contribution is 2.28. The van der Waals surface area contributed by atoms with Crippen LogP contribution in [-0.4, -0.2) is 20.6 Å². The summed E-state index contributed by atoms with van der Waals surface area (Å²) in [5.74, 6) is 0.0592. The molecule has 4 heteroatoms. The molecule has 20 heavy (non-hydrogen) atoms. The maximum Gasteiger partial charge on any atom is 0.337 e. The smallest absolute Gasteiger partial charge is 0.337 e. The van der Waals surface area contributed by atoms with Gasteiger partial charge >= 0.3 is 5.97 Å². The predicted octanol–water partition coefficient (Wildman–Crippen LogP) is 3.73. The van der Waals surface area contributed by atoms with Gasteiger partial charge in [0.15, 0.2) is 0 Å². The molecule has 0 unspecified atom stereocenters. The van der Waals surface area contributed by atoms with E-state index in [4.69, 9.17) is 0 Å². The van der Waals surface area contributed by atoms with Gasteiger partial charge in [-0.05, 0) is 24.0 Å². The monoisotopic (exact) mass is 274 g/mol. The van der Waals surface area contributed by atoms with Crippen molar-refractivity contribution < 1.29 is 9.90 Å². The molecular formula is C16H22N2O2. The fourth-order valence-corrected chi connectivity index (χ4v) is 2.39. The number of benzene rings is 1. The topological polar surface area (TPSA) is 55.1 Å². The summed E-state index contributed by atoms with van der Waals surface area (Å²) in [5, 5.41) is 9.40. The van der Waals surface area contributed by atoms with Gasteiger partial charge in [0.1, 0.15) is 5.82 Å². The lowest BCUT2D eigenvalue weighted by Gasteiger charge is -2.25. The van der Waals surface area contributed by atoms with Gasteiger partial charge in [0, 0.05) is 13.0 Å². The van der Waals surface area contributed by atoms with Crippen LogP contribution in [0.15, 0.2) is 18.2 Å². The van der Waals surface area contributed by atoms with Crippen LogP contribution in [-0.2, 0) is 13.0 Å². The summed E-state index contributed by atoms with van der Waals surface area (Å²) in [6.45, 7) is 9.39. The van der Waals surface area contributed by atoms with Gasteiger partial charge in [0.05, 0.1) is 16.6 Å². The minimum atomic E-state index is -0.895. The van der Waals surface area contributed by atoms with Crippen LogP contribution in [0.2, 0.25) is 0 Å². The molecule has 108 valence electrons. The standard InChI is InChI=1S/C16H22N2O2/c1-5-13-17-12-9-7-8-11(15(19)20)14(12)18(13)10-16(3,4)6-2/h7-9H,5-6,10H2,1-4H3,(H,19,20). The van der Waals surface area contributed by atoms with Crippen LogP contribution in [0, 0.1) is 5.41 Å². The molecule has 1 heterocycles. The van der Waals surface area contributed by atoms with Crippen molar-refractivity contribution in [2.75, 3.05) is 0 Å². The average molecular weight is 274 g/mol. The van der Waals surface area contributed by atoms with Crippen molar-refractivity contribution in [1.29, 1.82) is 0 Å². The average Bonchev–Trinajstić information content (AvgIpc) is 2.76. The zero-order valence-corrected chi connectivity index (χ0v) is 12.6. The zero-order valence-electron chi connectivity index (χ0n) is 12.6. The molecule has 1 aromatic carbocycles. The molecule has 1 aromatic heterocycles. The van der Waals surface area contributed by atoms with E-state index in [9.17, 15) is 9.90 Å². The van der Waals surface area contributed by atoms with E-state index in [1.54, 1.807) is 12.1 Å². The second-order valence-electron chi connectivity index (χ2n) is 5.96. The van der Waals surface area contributed by atoms with Gasteiger partial charge in [0.2, 0.25) is 0 Å². The summed E-state index contributed by atoms with van der Waals surface area (Å²) < 4.78 is 2.09. The highest BCUT2D eigenvalue weighted by molar-refractivity contribution is 6.01. The molecule has 0 aliphatic heterocycles. The fourth-order valence-electron chi connectivity index (χ4n) is 2.39. The van der Waals surface area contributed by atoms with Crippen molar-refractivity contribution >= 4 is 17.0 Å². The third kappa shape index (κ3) is 2.55. The number of imidazole rings is 1. The number of aryl methyl sites for hydroxylation is 1. The quantitative estimate of drug-likeness (QED) is 0.903. The molecule has 0 saturated heterocycles. The van der Waals surface area contributed by atoms with E-state index in [2.05, 4.69) is 37.2 Å². The molecule has 0 aliphatic carbocycles. The summed E-state index contributed by atoms with van der Waals surface area (Å²) in [4.78, 5) is 16.1. The number of carboxylic acid groups (broad SMARTS) is 1. The maximum absolute atomic E-state index is 11.5. The van der Waals surface area contributed by atoms with Gasteiger partial charge in [0.25, 0.3) is 0 Å². The molecule has 0 bridgehead atoms. The molecule has 0 amide bonds. The number of aromatic carboxylic acids is 1. The van der Waals surface area contributed by atoms with E-state index in [-0.39, 0.29) is 5.41 Å². The Morgan fingerprint density at radius 3 is 2.60 bits per heavy atom. The fraction of sp³-hybridized carbons (Fsp3) is 0.500. The first-order valence-electron chi connectivity index (χ1n) is 7.11. The highest BCUT2D eigenvalue weighted by Gasteiger charge is 2.22. The molecule has 1 N–H and O–H groups in total. The van der Waals surface area contributed by atoms with Crippen molar-refractivity contribution in [3.63, 3.8) is 0 Å². The molecule has 2 aromatic rings. The van der Waals surface area contributed by atoms with E-state index in [1.807, 2.05) is 6.07 Å². The normalized spacial score (nSPS) is 12.0. The minimum Gasteiger partial charge on any atom is -0.478 e. The van der Waals surface area contributed by atoms with E-state index < -0.39 is 5.97 Å². The molecule has 0 atom stereocenters. The van der Waals surface area contributed by atoms with E-state index in [1.165, 1.54) is 0 Å². The number of carboxylic acids is 1. The zero-order chi connectivity index (χ0) is 14.9. The van der Waals surface area contributed by atoms with E-state index in [0.29, 0.717) is 5.56 Å². The van der Waals surface area contributed by atoms with Crippen LogP contribution in [0.25, 0.3) is 11.0 Å². The molecule has 0 aliphatic rings. The number of para-hydroxylation sites is 1. The Balaban J connectivity index is 2.69. The highest BCUT2D eigenvalue weighted by atomic mass is 16.4. The molecule has 4 nitrogen and oxygen atoms in total. The van der Waals surface area contributed by atoms with Gasteiger partial charge in [-0.3, -0.25) is 0 Å². The lowest BCUT2D eigenvalue weighted by molar-refractivity contribution is 0.0698. The van der Waals surface area contributed by atoms with Crippen LogP contribution in [0.1, 0.15) is 50.3 Å². The molecular weight excluding hydrogens is 252 g/mol. The van der Waals surface area contributed by atoms with Gasteiger partial charge in [-0.1, -0.05) is 33.8 Å². The van der Waals surface area contributed by atoms with E-state index in [0.717, 1.165) is 36.2 Å². The summed E-state index contributed by atoms with van der Waals surface area (Å²) in [5.41, 5.74) is 1.97. The van der Waals surface area contributed by atoms with Crippen LogP contribution in [0.3, 0.4) is 0 Å². The van der Waals surface area contributed by atoms with Crippen molar-refractivity contribution in [3.05, 3.63) is 29.6 Å². The second-order valence-corrected chi connectivity index (χ2v) is 5.96. The van der Waals surface area contributed by atoms with Gasteiger partial charge in [-0.15, -0.1) is 0 Å². The van der Waals surface area contributed by atoms with Crippen molar-refractivity contribution in [3.8, 4) is 0 Å². The van der Waals surface area contributed by atoms with Gasteiger partial charge in [-0.25, -0.2) is 9.78 Å². The van der Waals surface area contributed by atoms with Crippen LogP contribution in [0.5, 0.6) is 0 Å². The number of rotatable bonds is 5. The second kappa shape index (κ2) is 5.27. The van der Waals surface area contributed by atoms with Gasteiger partial charge < -0.3 is 9.67 Å². The number of nitrogens with zero attached hydrogens (tertiary/aromatic N) is 2. The number of fused-ring (bicyclic) bond motifs is 1. The van der Waals surface area contributed by atoms with E-state index >= 15 is 0 Å². The van der Waals surface area contributed by atoms with Crippen molar-refractivity contribution in [2.24, 2.45) is 5.41 Å². The summed E-state index contributed by atoms with van der Waals surface area (Å²) in [6, 6.07) is 5.30. The first-order valence-corrected chi connectivity index (χ1v) is 7.11. The molecule has 0 radical (unpaired) electrons. The first kappa shape index (κ1) is 14.6. The van der Waals surface area contributed by atoms with Crippen molar-refractivity contribution in [2.45, 2.75) is 47.1 Å². The Kier molecular flexibility index (Phi) is 3.84. The summed E-state index contributed by atoms with van der Waals surface area (Å²) in [6.07, 6.45) is 1.83. The Bertz CT molecular complexity index is 641. The first-order chi connectivity index (χ1) is 9.39. The maximum atomic E-state index is 11.5. The molecule has 0 saturated carbocycles. The Morgan fingerprint density at radius 1 is 1.35 bits per heavy atom. The van der Waals surface area contributed by atoms with Crippen LogP contribution >= 0.6 is 0 Å². The third-order valence-electron chi connectivity index (χ3n) is 3.94. The summed E-state index contributed by atoms with van der Waals surface area (Å²) >= 11 is 0. The third-order valence-corrected chi connectivity index (χ3v) is 3.94. The van der Waals surface area contributed by atoms with Crippen molar-refractivity contribution in [1.82, 2.24) is 9.55 Å². The number of hydrogen-bond donors (Lipinski definition) is 1. The Morgan fingerprint density at radius 2 is 2.05 bits per heavy atom. The number of aromatic nitrogens is 2. The SMILES string of the molecule is CCc1nc2cccc(C(=O)O)c2n1CC(C)(C)CC. The molecule has 2 rings (SSSR count). The van der Waals surface area contributed by atoms with Crippen LogP contribution < -0.4 is 0 Å².